The first-order valence-electron chi connectivity index (χ1n) is 6.39. The number of alkyl halides is 3. The van der Waals surface area contributed by atoms with Crippen molar-refractivity contribution in [1.29, 1.82) is 0 Å². The van der Waals surface area contributed by atoms with Crippen LogP contribution < -0.4 is 10.6 Å². The van der Waals surface area contributed by atoms with Gasteiger partial charge in [0, 0.05) is 30.9 Å². The van der Waals surface area contributed by atoms with Gasteiger partial charge < -0.3 is 10.6 Å². The third kappa shape index (κ3) is 5.77. The Morgan fingerprint density at radius 3 is 2.65 bits per heavy atom. The second-order valence-electron chi connectivity index (χ2n) is 4.43. The van der Waals surface area contributed by atoms with Crippen LogP contribution in [0.1, 0.15) is 31.5 Å². The third-order valence-electron chi connectivity index (χ3n) is 2.21. The SMILES string of the molecule is CCNC(=NCCc1nc(C(F)(F)F)cs1)NC(C)C. The molecule has 114 valence electrons. The molecule has 0 aliphatic carbocycles. The van der Waals surface area contributed by atoms with Crippen molar-refractivity contribution in [3.63, 3.8) is 0 Å². The average molecular weight is 308 g/mol. The maximum atomic E-state index is 12.4. The molecular weight excluding hydrogens is 289 g/mol. The van der Waals surface area contributed by atoms with E-state index < -0.39 is 11.9 Å². The summed E-state index contributed by atoms with van der Waals surface area (Å²) in [7, 11) is 0. The lowest BCUT2D eigenvalue weighted by Gasteiger charge is -2.13. The Kier molecular flexibility index (Phi) is 6.25. The number of nitrogens with zero attached hydrogens (tertiary/aromatic N) is 2. The molecule has 0 bridgehead atoms. The molecule has 1 aromatic rings. The number of aromatic nitrogens is 1. The van der Waals surface area contributed by atoms with Gasteiger partial charge in [-0.15, -0.1) is 11.3 Å². The van der Waals surface area contributed by atoms with Crippen LogP contribution >= 0.6 is 11.3 Å². The van der Waals surface area contributed by atoms with Gasteiger partial charge in [-0.1, -0.05) is 0 Å². The van der Waals surface area contributed by atoms with Gasteiger partial charge in [0.1, 0.15) is 0 Å². The van der Waals surface area contributed by atoms with Crippen LogP contribution in [0.3, 0.4) is 0 Å². The van der Waals surface area contributed by atoms with E-state index in [1.165, 1.54) is 0 Å². The summed E-state index contributed by atoms with van der Waals surface area (Å²) < 4.78 is 37.2. The Morgan fingerprint density at radius 2 is 2.15 bits per heavy atom. The molecule has 0 amide bonds. The molecule has 0 aromatic carbocycles. The smallest absolute Gasteiger partial charge is 0.357 e. The highest BCUT2D eigenvalue weighted by Gasteiger charge is 2.33. The minimum absolute atomic E-state index is 0.240. The van der Waals surface area contributed by atoms with E-state index >= 15 is 0 Å². The maximum Gasteiger partial charge on any atom is 0.434 e. The van der Waals surface area contributed by atoms with Gasteiger partial charge in [-0.05, 0) is 20.8 Å². The standard InChI is InChI=1S/C12H19F3N4S/c1-4-16-11(18-8(2)3)17-6-5-10-19-9(7-20-10)12(13,14)15/h7-8H,4-6H2,1-3H3,(H2,16,17,18). The van der Waals surface area contributed by atoms with Crippen LogP contribution in [0.2, 0.25) is 0 Å². The van der Waals surface area contributed by atoms with Crippen molar-refractivity contribution in [2.45, 2.75) is 39.4 Å². The highest BCUT2D eigenvalue weighted by Crippen LogP contribution is 2.30. The second kappa shape index (κ2) is 7.47. The first kappa shape index (κ1) is 16.7. The summed E-state index contributed by atoms with van der Waals surface area (Å²) in [6.45, 7) is 7.06. The third-order valence-corrected chi connectivity index (χ3v) is 3.12. The molecule has 2 N–H and O–H groups in total. The number of hydrogen-bond donors (Lipinski definition) is 2. The zero-order valence-corrected chi connectivity index (χ0v) is 12.5. The van der Waals surface area contributed by atoms with Crippen LogP contribution in [0.5, 0.6) is 0 Å². The minimum atomic E-state index is -4.37. The minimum Gasteiger partial charge on any atom is -0.357 e. The molecule has 0 saturated carbocycles. The topological polar surface area (TPSA) is 49.3 Å². The Labute approximate surface area is 120 Å². The van der Waals surface area contributed by atoms with Gasteiger partial charge in [0.05, 0.1) is 5.01 Å². The summed E-state index contributed by atoms with van der Waals surface area (Å²) >= 11 is 1.01. The fraction of sp³-hybridized carbons (Fsp3) is 0.667. The van der Waals surface area contributed by atoms with Crippen LogP contribution in [-0.2, 0) is 12.6 Å². The van der Waals surface area contributed by atoms with Crippen LogP contribution in [0.25, 0.3) is 0 Å². The number of hydrogen-bond acceptors (Lipinski definition) is 3. The van der Waals surface area contributed by atoms with E-state index in [9.17, 15) is 13.2 Å². The van der Waals surface area contributed by atoms with E-state index in [1.807, 2.05) is 20.8 Å². The summed E-state index contributed by atoms with van der Waals surface area (Å²) in [5, 5.41) is 7.69. The van der Waals surface area contributed by atoms with E-state index in [4.69, 9.17) is 0 Å². The zero-order valence-electron chi connectivity index (χ0n) is 11.7. The van der Waals surface area contributed by atoms with Crippen molar-refractivity contribution >= 4 is 17.3 Å². The number of thiazole rings is 1. The van der Waals surface area contributed by atoms with Crippen molar-refractivity contribution in [1.82, 2.24) is 15.6 Å². The molecule has 1 heterocycles. The molecule has 0 fully saturated rings. The first-order chi connectivity index (χ1) is 9.32. The molecule has 0 spiro atoms. The lowest BCUT2D eigenvalue weighted by molar-refractivity contribution is -0.140. The van der Waals surface area contributed by atoms with E-state index in [-0.39, 0.29) is 6.04 Å². The van der Waals surface area contributed by atoms with Crippen LogP contribution in [0.15, 0.2) is 10.4 Å². The van der Waals surface area contributed by atoms with Crippen molar-refractivity contribution < 1.29 is 13.2 Å². The zero-order chi connectivity index (χ0) is 15.2. The number of halogens is 3. The quantitative estimate of drug-likeness (QED) is 0.649. The molecule has 0 unspecified atom stereocenters. The highest BCUT2D eigenvalue weighted by atomic mass is 32.1. The molecule has 8 heteroatoms. The van der Waals surface area contributed by atoms with Crippen LogP contribution in [0, 0.1) is 0 Å². The molecule has 1 rings (SSSR count). The molecule has 0 saturated heterocycles. The number of nitrogens with one attached hydrogen (secondary N) is 2. The summed E-state index contributed by atoms with van der Waals surface area (Å²) in [6.07, 6.45) is -3.97. The van der Waals surface area contributed by atoms with Gasteiger partial charge in [0.2, 0.25) is 0 Å². The van der Waals surface area contributed by atoms with E-state index in [0.29, 0.717) is 23.9 Å². The van der Waals surface area contributed by atoms with Gasteiger partial charge in [0.15, 0.2) is 11.7 Å². The Morgan fingerprint density at radius 1 is 1.45 bits per heavy atom. The van der Waals surface area contributed by atoms with E-state index in [0.717, 1.165) is 23.3 Å². The van der Waals surface area contributed by atoms with E-state index in [1.54, 1.807) is 0 Å². The summed E-state index contributed by atoms with van der Waals surface area (Å²) in [5.41, 5.74) is -0.825. The van der Waals surface area contributed by atoms with Gasteiger partial charge in [-0.2, -0.15) is 13.2 Å². The predicted molar refractivity (Wildman–Crippen MR) is 75.1 cm³/mol. The summed E-state index contributed by atoms with van der Waals surface area (Å²) in [6, 6.07) is 0.240. The number of guanidine groups is 1. The number of rotatable bonds is 5. The van der Waals surface area contributed by atoms with Crippen LogP contribution in [0.4, 0.5) is 13.2 Å². The molecule has 1 aromatic heterocycles. The van der Waals surface area contributed by atoms with Crippen LogP contribution in [-0.4, -0.2) is 30.1 Å². The van der Waals surface area contributed by atoms with Crippen molar-refractivity contribution in [3.05, 3.63) is 16.1 Å². The molecule has 0 aliphatic rings. The van der Waals surface area contributed by atoms with Crippen molar-refractivity contribution in [2.24, 2.45) is 4.99 Å². The Balaban J connectivity index is 2.55. The molecule has 0 aliphatic heterocycles. The van der Waals surface area contributed by atoms with Gasteiger partial charge in [-0.25, -0.2) is 4.98 Å². The average Bonchev–Trinajstić information content (AvgIpc) is 2.77. The number of aliphatic imine (C=N–C) groups is 1. The van der Waals surface area contributed by atoms with Gasteiger partial charge in [-0.3, -0.25) is 4.99 Å². The first-order valence-corrected chi connectivity index (χ1v) is 7.27. The predicted octanol–water partition coefficient (Wildman–Crippen LogP) is 2.67. The largest absolute Gasteiger partial charge is 0.434 e. The highest BCUT2D eigenvalue weighted by molar-refractivity contribution is 7.09. The monoisotopic (exact) mass is 308 g/mol. The summed E-state index contributed by atoms with van der Waals surface area (Å²) in [4.78, 5) is 7.87. The second-order valence-corrected chi connectivity index (χ2v) is 5.38. The normalized spacial score (nSPS) is 12.8. The molecular formula is C12H19F3N4S. The lowest BCUT2D eigenvalue weighted by atomic mass is 10.4. The summed E-state index contributed by atoms with van der Waals surface area (Å²) in [5.74, 6) is 0.662. The van der Waals surface area contributed by atoms with Gasteiger partial charge in [0.25, 0.3) is 0 Å². The van der Waals surface area contributed by atoms with E-state index in [2.05, 4.69) is 20.6 Å². The Bertz CT molecular complexity index is 440. The lowest BCUT2D eigenvalue weighted by Crippen LogP contribution is -2.41. The maximum absolute atomic E-state index is 12.4. The molecule has 0 atom stereocenters. The molecule has 4 nitrogen and oxygen atoms in total. The molecule has 0 radical (unpaired) electrons. The fourth-order valence-corrected chi connectivity index (χ4v) is 2.21. The van der Waals surface area contributed by atoms with Crippen molar-refractivity contribution in [3.8, 4) is 0 Å². The van der Waals surface area contributed by atoms with Crippen molar-refractivity contribution in [2.75, 3.05) is 13.1 Å². The van der Waals surface area contributed by atoms with Gasteiger partial charge >= 0.3 is 6.18 Å². The Hall–Kier alpha value is -1.31. The molecule has 20 heavy (non-hydrogen) atoms. The fourth-order valence-electron chi connectivity index (χ4n) is 1.41.